The molecule has 47 heavy (non-hydrogen) atoms. The second kappa shape index (κ2) is 12.8. The lowest BCUT2D eigenvalue weighted by Gasteiger charge is -2.35. The fourth-order valence-electron chi connectivity index (χ4n) is 5.85. The molecule has 3 aromatic heterocycles. The van der Waals surface area contributed by atoms with E-state index in [1.165, 1.54) is 22.0 Å². The quantitative estimate of drug-likeness (QED) is 0.192. The summed E-state index contributed by atoms with van der Waals surface area (Å²) < 4.78 is 50.8. The van der Waals surface area contributed by atoms with E-state index in [4.69, 9.17) is 16.3 Å². The third-order valence-corrected chi connectivity index (χ3v) is 9.62. The molecule has 0 radical (unpaired) electrons. The first-order chi connectivity index (χ1) is 22.3. The van der Waals surface area contributed by atoms with E-state index in [1.807, 2.05) is 24.9 Å². The van der Waals surface area contributed by atoms with Crippen molar-refractivity contribution < 1.29 is 27.8 Å². The number of halogens is 4. The molecule has 1 aliphatic heterocycles. The maximum atomic E-state index is 14.2. The monoisotopic (exact) mass is 685 g/mol. The summed E-state index contributed by atoms with van der Waals surface area (Å²) in [7, 11) is 1.92. The molecule has 9 nitrogen and oxygen atoms in total. The Morgan fingerprint density at radius 2 is 1.83 bits per heavy atom. The number of benzene rings is 2. The van der Waals surface area contributed by atoms with Gasteiger partial charge in [-0.2, -0.15) is 13.2 Å². The number of rotatable bonds is 8. The van der Waals surface area contributed by atoms with E-state index >= 15 is 0 Å². The number of carboxylic acids is 1. The highest BCUT2D eigenvalue weighted by Crippen LogP contribution is 2.41. The van der Waals surface area contributed by atoms with Crippen molar-refractivity contribution in [3.63, 3.8) is 0 Å². The number of fused-ring (bicyclic) bond motifs is 2. The molecule has 246 valence electrons. The van der Waals surface area contributed by atoms with Gasteiger partial charge in [-0.1, -0.05) is 18.5 Å². The molecular formula is C33H31ClF3N5O4S. The van der Waals surface area contributed by atoms with Crippen molar-refractivity contribution in [1.29, 1.82) is 0 Å². The van der Waals surface area contributed by atoms with E-state index in [0.29, 0.717) is 64.8 Å². The molecule has 2 aromatic carbocycles. The van der Waals surface area contributed by atoms with Crippen molar-refractivity contribution in [3.8, 4) is 16.9 Å². The Morgan fingerprint density at radius 3 is 2.51 bits per heavy atom. The van der Waals surface area contributed by atoms with Crippen molar-refractivity contribution in [3.05, 3.63) is 79.8 Å². The molecular weight excluding hydrogens is 655 g/mol. The summed E-state index contributed by atoms with van der Waals surface area (Å²) in [5.74, 6) is -0.354. The van der Waals surface area contributed by atoms with E-state index in [0.717, 1.165) is 11.6 Å². The average molecular weight is 686 g/mol. The number of aromatic nitrogens is 3. The molecule has 0 spiro atoms. The van der Waals surface area contributed by atoms with Crippen LogP contribution in [0.5, 0.6) is 5.75 Å². The molecule has 0 atom stereocenters. The van der Waals surface area contributed by atoms with Crippen molar-refractivity contribution in [2.24, 2.45) is 0 Å². The number of pyridine rings is 1. The second-order valence-corrected chi connectivity index (χ2v) is 12.7. The first kappa shape index (κ1) is 32.7. The van der Waals surface area contributed by atoms with Crippen LogP contribution in [0.1, 0.15) is 34.4 Å². The Balaban J connectivity index is 1.34. The van der Waals surface area contributed by atoms with E-state index in [1.54, 1.807) is 35.4 Å². The number of hydrogen-bond acceptors (Lipinski definition) is 8. The number of carboxylic acid groups (broad SMARTS) is 1. The van der Waals surface area contributed by atoms with Crippen LogP contribution in [0, 0.1) is 6.92 Å². The number of likely N-dealkylation sites (N-methyl/N-ethyl adjacent to an activating group) is 1. The van der Waals surface area contributed by atoms with Crippen LogP contribution in [-0.2, 0) is 19.1 Å². The Morgan fingerprint density at radius 1 is 1.09 bits per heavy atom. The molecule has 1 aliphatic rings. The molecule has 1 N–H and O–H groups in total. The van der Waals surface area contributed by atoms with Gasteiger partial charge in [-0.15, -0.1) is 11.3 Å². The SMILES string of the molecule is CCc1cc(-c2cc(Cl)ccc2OCCn2c(C)nc3cc(C(F)(F)F)c(N4CCN(C)CC4)cc3c2=O)c2scc(C(=O)O)c2n1. The number of ether oxygens (including phenoxy) is 1. The number of nitrogens with zero attached hydrogens (tertiary/aromatic N) is 5. The first-order valence-electron chi connectivity index (χ1n) is 15.0. The molecule has 0 amide bonds. The number of piperazine rings is 1. The minimum absolute atomic E-state index is 0.0139. The van der Waals surface area contributed by atoms with Gasteiger partial charge in [0.2, 0.25) is 0 Å². The van der Waals surface area contributed by atoms with Gasteiger partial charge in [-0.25, -0.2) is 9.78 Å². The lowest BCUT2D eigenvalue weighted by atomic mass is 10.0. The summed E-state index contributed by atoms with van der Waals surface area (Å²) >= 11 is 7.66. The number of thiophene rings is 1. The maximum Gasteiger partial charge on any atom is 0.418 e. The van der Waals surface area contributed by atoms with Crippen LogP contribution in [0.25, 0.3) is 32.2 Å². The second-order valence-electron chi connectivity index (χ2n) is 11.4. The summed E-state index contributed by atoms with van der Waals surface area (Å²) in [6.07, 6.45) is -4.04. The summed E-state index contributed by atoms with van der Waals surface area (Å²) in [6, 6.07) is 9.29. The summed E-state index contributed by atoms with van der Waals surface area (Å²) in [6.45, 7) is 5.64. The number of aromatic carboxylic acids is 1. The lowest BCUT2D eigenvalue weighted by molar-refractivity contribution is -0.137. The Bertz CT molecular complexity index is 2070. The first-order valence-corrected chi connectivity index (χ1v) is 16.2. The van der Waals surface area contributed by atoms with Crippen LogP contribution in [-0.4, -0.2) is 70.3 Å². The van der Waals surface area contributed by atoms with Gasteiger partial charge in [0.1, 0.15) is 18.2 Å². The van der Waals surface area contributed by atoms with Crippen molar-refractivity contribution in [2.75, 3.05) is 44.7 Å². The minimum Gasteiger partial charge on any atom is -0.491 e. The fraction of sp³-hybridized carbons (Fsp3) is 0.333. The predicted octanol–water partition coefficient (Wildman–Crippen LogP) is 6.75. The zero-order chi connectivity index (χ0) is 33.6. The van der Waals surface area contributed by atoms with Crippen LogP contribution in [0.2, 0.25) is 5.02 Å². The topological polar surface area (TPSA) is 101 Å². The number of alkyl halides is 3. The van der Waals surface area contributed by atoms with Crippen molar-refractivity contribution >= 4 is 55.7 Å². The molecule has 14 heteroatoms. The maximum absolute atomic E-state index is 14.2. The van der Waals surface area contributed by atoms with Gasteiger partial charge in [0.15, 0.2) is 0 Å². The number of hydrogen-bond donors (Lipinski definition) is 1. The van der Waals surface area contributed by atoms with Gasteiger partial charge >= 0.3 is 12.1 Å². The number of carbonyl (C=O) groups is 1. The van der Waals surface area contributed by atoms with Gasteiger partial charge in [0, 0.05) is 59.1 Å². The van der Waals surface area contributed by atoms with Gasteiger partial charge in [0.25, 0.3) is 5.56 Å². The summed E-state index contributed by atoms with van der Waals surface area (Å²) in [5.41, 5.74) is 1.25. The Kier molecular flexibility index (Phi) is 8.90. The smallest absolute Gasteiger partial charge is 0.418 e. The average Bonchev–Trinajstić information content (AvgIpc) is 3.47. The van der Waals surface area contributed by atoms with Crippen molar-refractivity contribution in [1.82, 2.24) is 19.4 Å². The molecule has 4 heterocycles. The van der Waals surface area contributed by atoms with E-state index in [-0.39, 0.29) is 41.1 Å². The van der Waals surface area contributed by atoms with Gasteiger partial charge < -0.3 is 19.6 Å². The third kappa shape index (κ3) is 6.39. The van der Waals surface area contributed by atoms with Gasteiger partial charge in [0.05, 0.1) is 38.8 Å². The zero-order valence-corrected chi connectivity index (χ0v) is 27.4. The largest absolute Gasteiger partial charge is 0.491 e. The molecule has 0 saturated carbocycles. The third-order valence-electron chi connectivity index (χ3n) is 8.38. The van der Waals surface area contributed by atoms with E-state index in [9.17, 15) is 27.9 Å². The van der Waals surface area contributed by atoms with Crippen molar-refractivity contribution in [2.45, 2.75) is 33.0 Å². The Labute approximate surface area is 276 Å². The predicted molar refractivity (Wildman–Crippen MR) is 177 cm³/mol. The minimum atomic E-state index is -4.61. The van der Waals surface area contributed by atoms with E-state index in [2.05, 4.69) is 9.97 Å². The standard InChI is InChI=1S/C33H31ClF3N5O4S/c1-4-20-14-22(30-29(39-20)24(17-47-30)32(44)45)21-13-19(34)5-6-28(21)46-12-11-42-18(2)38-26-16-25(33(35,36)37)27(15-23(26)31(42)43)41-9-7-40(3)8-10-41/h5-6,13-17H,4,7-12H2,1-3H3,(H,44,45). The van der Waals surface area contributed by atoms with E-state index < -0.39 is 23.3 Å². The molecule has 1 fully saturated rings. The highest BCUT2D eigenvalue weighted by Gasteiger charge is 2.36. The molecule has 6 rings (SSSR count). The highest BCUT2D eigenvalue weighted by molar-refractivity contribution is 7.18. The van der Waals surface area contributed by atoms with Crippen LogP contribution < -0.4 is 15.2 Å². The summed E-state index contributed by atoms with van der Waals surface area (Å²) in [4.78, 5) is 38.3. The number of aryl methyl sites for hydroxylation is 2. The lowest BCUT2D eigenvalue weighted by Crippen LogP contribution is -2.45. The van der Waals surface area contributed by atoms with Crippen LogP contribution in [0.3, 0.4) is 0 Å². The summed E-state index contributed by atoms with van der Waals surface area (Å²) in [5, 5.41) is 11.8. The highest BCUT2D eigenvalue weighted by atomic mass is 35.5. The van der Waals surface area contributed by atoms with Crippen LogP contribution in [0.15, 0.2) is 46.6 Å². The number of anilines is 1. The zero-order valence-electron chi connectivity index (χ0n) is 25.8. The molecule has 0 unspecified atom stereocenters. The normalized spacial score (nSPS) is 14.3. The van der Waals surface area contributed by atoms with Crippen LogP contribution in [0.4, 0.5) is 18.9 Å². The van der Waals surface area contributed by atoms with Gasteiger partial charge in [-0.3, -0.25) is 14.3 Å². The molecule has 0 bridgehead atoms. The fourth-order valence-corrected chi connectivity index (χ4v) is 7.03. The van der Waals surface area contributed by atoms with Gasteiger partial charge in [-0.05, 0) is 56.8 Å². The molecule has 1 saturated heterocycles. The Hall–Kier alpha value is -4.20. The van der Waals surface area contributed by atoms with Crippen LogP contribution >= 0.6 is 22.9 Å². The molecule has 5 aromatic rings. The molecule has 0 aliphatic carbocycles.